The van der Waals surface area contributed by atoms with Crippen LogP contribution in [0.3, 0.4) is 0 Å². The molecular formula is C12H27N3. The van der Waals surface area contributed by atoms with Crippen molar-refractivity contribution in [2.75, 3.05) is 60.4 Å². The van der Waals surface area contributed by atoms with Crippen LogP contribution in [0.2, 0.25) is 0 Å². The molecular weight excluding hydrogens is 186 g/mol. The van der Waals surface area contributed by atoms with Crippen molar-refractivity contribution in [1.29, 1.82) is 0 Å². The van der Waals surface area contributed by atoms with E-state index in [4.69, 9.17) is 0 Å². The Balaban J connectivity index is 2.74. The maximum atomic E-state index is 4.27. The number of hydrogen-bond donors (Lipinski definition) is 0. The number of rotatable bonds is 0. The number of likely N-dealkylation sites (N-methyl/N-ethyl adjacent to an activating group) is 3. The van der Waals surface area contributed by atoms with Crippen molar-refractivity contribution >= 4 is 0 Å². The largest absolute Gasteiger partial charge is 0.450 e. The normalized spacial score (nSPS) is 49.2. The van der Waals surface area contributed by atoms with Crippen LogP contribution in [-0.4, -0.2) is 73.9 Å². The van der Waals surface area contributed by atoms with Crippen molar-refractivity contribution in [2.45, 2.75) is 0 Å². The van der Waals surface area contributed by atoms with E-state index in [1.54, 1.807) is 0 Å². The van der Waals surface area contributed by atoms with E-state index in [-0.39, 0.29) is 0 Å². The Labute approximate surface area is 95.7 Å². The number of nitrogens with zero attached hydrogens (tertiary/aromatic N) is 3. The van der Waals surface area contributed by atoms with Gasteiger partial charge in [0.05, 0.1) is 0 Å². The molecule has 0 aliphatic carbocycles. The predicted octanol–water partition coefficient (Wildman–Crippen LogP) is 0.715. The maximum Gasteiger partial charge on any atom is 0.102 e. The molecule has 0 atom stereocenters. The molecule has 0 spiro atoms. The van der Waals surface area contributed by atoms with Gasteiger partial charge >= 0.3 is 0 Å². The highest BCUT2D eigenvalue weighted by atomic mass is 15.4. The summed E-state index contributed by atoms with van der Waals surface area (Å²) < 4.78 is 2.52. The molecule has 0 bridgehead atoms. The first-order valence-corrected chi connectivity index (χ1v) is 5.69. The van der Waals surface area contributed by atoms with Gasteiger partial charge < -0.3 is 13.4 Å². The summed E-state index contributed by atoms with van der Waals surface area (Å²) in [5, 5.41) is 0. The van der Waals surface area contributed by atoms with Crippen LogP contribution < -0.4 is 0 Å². The quantitative estimate of drug-likeness (QED) is 0.411. The Kier molecular flexibility index (Phi) is 3.49. The number of quaternary nitrogens is 3. The van der Waals surface area contributed by atoms with Crippen LogP contribution in [0.5, 0.6) is 0 Å². The van der Waals surface area contributed by atoms with Crippen molar-refractivity contribution < 1.29 is 13.4 Å². The lowest BCUT2D eigenvalue weighted by atomic mass is 10.4. The molecule has 3 heteroatoms. The minimum Gasteiger partial charge on any atom is -0.450 e. The van der Waals surface area contributed by atoms with E-state index in [0.717, 1.165) is 52.7 Å². The van der Waals surface area contributed by atoms with Crippen LogP contribution in [0.4, 0.5) is 0 Å². The summed E-state index contributed by atoms with van der Waals surface area (Å²) in [6.07, 6.45) is 0. The minimum absolute atomic E-state index is 0.840. The fourth-order valence-corrected chi connectivity index (χ4v) is 1.78. The maximum absolute atomic E-state index is 4.27. The third-order valence-corrected chi connectivity index (χ3v) is 3.54. The SMILES string of the molecule is [CH2-][N+]1(C)CC[N+]([CH2-])(C)CC[N+]([CH2-])(C)CC1. The summed E-state index contributed by atoms with van der Waals surface area (Å²) in [7, 11) is 19.4. The lowest BCUT2D eigenvalue weighted by molar-refractivity contribution is -0.919. The van der Waals surface area contributed by atoms with E-state index in [2.05, 4.69) is 42.3 Å². The van der Waals surface area contributed by atoms with Crippen LogP contribution in [0, 0.1) is 21.1 Å². The van der Waals surface area contributed by atoms with Crippen LogP contribution in [0.15, 0.2) is 0 Å². The summed E-state index contributed by atoms with van der Waals surface area (Å²) in [5.41, 5.74) is 0. The molecule has 1 aliphatic heterocycles. The lowest BCUT2D eigenvalue weighted by Crippen LogP contribution is -2.49. The van der Waals surface area contributed by atoms with Gasteiger partial charge in [0.2, 0.25) is 0 Å². The van der Waals surface area contributed by atoms with E-state index in [1.165, 1.54) is 0 Å². The molecule has 0 aromatic rings. The molecule has 3 nitrogen and oxygen atoms in total. The van der Waals surface area contributed by atoms with Gasteiger partial charge in [-0.3, -0.25) is 0 Å². The molecule has 0 aromatic heterocycles. The van der Waals surface area contributed by atoms with Gasteiger partial charge in [0, 0.05) is 21.1 Å². The van der Waals surface area contributed by atoms with Crippen LogP contribution in [0.1, 0.15) is 0 Å². The summed E-state index contributed by atoms with van der Waals surface area (Å²) >= 11 is 0. The van der Waals surface area contributed by atoms with E-state index in [0.29, 0.717) is 0 Å². The van der Waals surface area contributed by atoms with Crippen LogP contribution >= 0.6 is 0 Å². The Hall–Kier alpha value is -0.120. The summed E-state index contributed by atoms with van der Waals surface area (Å²) in [4.78, 5) is 0. The second-order valence-corrected chi connectivity index (χ2v) is 6.20. The molecule has 1 heterocycles. The van der Waals surface area contributed by atoms with Crippen LogP contribution in [0.25, 0.3) is 0 Å². The first kappa shape index (κ1) is 12.9. The van der Waals surface area contributed by atoms with Gasteiger partial charge in [-0.25, -0.2) is 0 Å². The van der Waals surface area contributed by atoms with E-state index < -0.39 is 0 Å². The monoisotopic (exact) mass is 213 g/mol. The highest BCUT2D eigenvalue weighted by Crippen LogP contribution is 2.12. The Morgan fingerprint density at radius 1 is 0.533 bits per heavy atom. The second-order valence-electron chi connectivity index (χ2n) is 6.20. The van der Waals surface area contributed by atoms with Gasteiger partial charge in [0.1, 0.15) is 39.3 Å². The average Bonchev–Trinajstić information content (AvgIpc) is 2.12. The number of hydrogen-bond acceptors (Lipinski definition) is 0. The smallest absolute Gasteiger partial charge is 0.102 e. The van der Waals surface area contributed by atoms with Gasteiger partial charge in [-0.15, -0.1) is 21.1 Å². The van der Waals surface area contributed by atoms with Crippen LogP contribution in [-0.2, 0) is 0 Å². The molecule has 0 aromatic carbocycles. The molecule has 15 heavy (non-hydrogen) atoms. The lowest BCUT2D eigenvalue weighted by Gasteiger charge is -2.42. The third-order valence-electron chi connectivity index (χ3n) is 3.54. The highest BCUT2D eigenvalue weighted by Gasteiger charge is 2.23. The van der Waals surface area contributed by atoms with Gasteiger partial charge in [-0.2, -0.15) is 0 Å². The first-order valence-electron chi connectivity index (χ1n) is 5.69. The molecule has 0 saturated carbocycles. The fraction of sp³-hybridized carbons (Fsp3) is 0.750. The fourth-order valence-electron chi connectivity index (χ4n) is 1.78. The Bertz CT molecular complexity index is 163. The van der Waals surface area contributed by atoms with E-state index in [1.807, 2.05) is 0 Å². The Morgan fingerprint density at radius 3 is 0.800 bits per heavy atom. The second kappa shape index (κ2) is 4.04. The van der Waals surface area contributed by atoms with Gasteiger partial charge in [-0.1, -0.05) is 0 Å². The summed E-state index contributed by atoms with van der Waals surface area (Å²) in [6.45, 7) is 6.58. The molecule has 0 unspecified atom stereocenters. The standard InChI is InChI=1S/C12H27N3/c1-13(2)7-9-14(3,4)11-12-15(5,6)10-8-13/h1,3,5,7-12H2,2,4,6H3. The van der Waals surface area contributed by atoms with Gasteiger partial charge in [0.25, 0.3) is 0 Å². The first-order chi connectivity index (χ1) is 6.62. The van der Waals surface area contributed by atoms with E-state index >= 15 is 0 Å². The zero-order chi connectivity index (χ0) is 11.7. The molecule has 1 rings (SSSR count). The topological polar surface area (TPSA) is 0 Å². The minimum atomic E-state index is 0.840. The molecule has 90 valence electrons. The highest BCUT2D eigenvalue weighted by molar-refractivity contribution is 4.48. The van der Waals surface area contributed by atoms with Gasteiger partial charge in [-0.05, 0) is 0 Å². The molecule has 0 radical (unpaired) electrons. The van der Waals surface area contributed by atoms with Crippen molar-refractivity contribution in [1.82, 2.24) is 0 Å². The van der Waals surface area contributed by atoms with E-state index in [9.17, 15) is 0 Å². The molecule has 1 aliphatic rings. The Morgan fingerprint density at radius 2 is 0.667 bits per heavy atom. The molecule has 1 saturated heterocycles. The van der Waals surface area contributed by atoms with Crippen molar-refractivity contribution in [2.24, 2.45) is 0 Å². The zero-order valence-electron chi connectivity index (χ0n) is 10.7. The third kappa shape index (κ3) is 4.49. The average molecular weight is 213 g/mol. The molecule has 0 N–H and O–H groups in total. The molecule has 0 amide bonds. The summed E-state index contributed by atoms with van der Waals surface area (Å²) in [6, 6.07) is 0. The van der Waals surface area contributed by atoms with Crippen molar-refractivity contribution in [3.05, 3.63) is 21.1 Å². The van der Waals surface area contributed by atoms with Crippen molar-refractivity contribution in [3.63, 3.8) is 0 Å². The zero-order valence-corrected chi connectivity index (χ0v) is 10.7. The molecule has 1 fully saturated rings. The van der Waals surface area contributed by atoms with Crippen molar-refractivity contribution in [3.8, 4) is 0 Å². The predicted molar refractivity (Wildman–Crippen MR) is 63.8 cm³/mol. The van der Waals surface area contributed by atoms with Gasteiger partial charge in [0.15, 0.2) is 0 Å². The summed E-state index contributed by atoms with van der Waals surface area (Å²) in [5.74, 6) is 0.